The van der Waals surface area contributed by atoms with E-state index >= 15 is 0 Å². The summed E-state index contributed by atoms with van der Waals surface area (Å²) >= 11 is 0. The molecule has 0 N–H and O–H groups in total. The van der Waals surface area contributed by atoms with Crippen molar-refractivity contribution < 1.29 is 28.6 Å². The summed E-state index contributed by atoms with van der Waals surface area (Å²) in [6.07, 6.45) is 28.2. The zero-order chi connectivity index (χ0) is 34.1. The standard InChI is InChI=1S/C40H76O6/c1-6-7-8-9-13-20-25-30-38(41)44-33-37(34-45-39(42)31-26-21-17-12-15-19-24-29-36(4)5)46-40(43)32-27-22-16-11-10-14-18-23-28-35(2)3/h35-37H,6-34H2,1-5H3/t37-/m1/s1. The molecule has 272 valence electrons. The molecule has 0 saturated heterocycles. The van der Waals surface area contributed by atoms with Gasteiger partial charge in [-0.25, -0.2) is 0 Å². The van der Waals surface area contributed by atoms with Crippen LogP contribution in [-0.4, -0.2) is 37.2 Å². The van der Waals surface area contributed by atoms with Gasteiger partial charge in [0.2, 0.25) is 0 Å². The van der Waals surface area contributed by atoms with Gasteiger partial charge < -0.3 is 14.2 Å². The molecule has 0 unspecified atom stereocenters. The summed E-state index contributed by atoms with van der Waals surface area (Å²) in [4.78, 5) is 37.3. The maximum absolute atomic E-state index is 12.6. The van der Waals surface area contributed by atoms with Crippen molar-refractivity contribution in [3.05, 3.63) is 0 Å². The van der Waals surface area contributed by atoms with Crippen LogP contribution in [0.4, 0.5) is 0 Å². The van der Waals surface area contributed by atoms with E-state index in [1.54, 1.807) is 0 Å². The minimum atomic E-state index is -0.758. The molecule has 6 heteroatoms. The van der Waals surface area contributed by atoms with Gasteiger partial charge in [0, 0.05) is 19.3 Å². The zero-order valence-corrected chi connectivity index (χ0v) is 31.2. The van der Waals surface area contributed by atoms with E-state index in [1.165, 1.54) is 96.3 Å². The van der Waals surface area contributed by atoms with Gasteiger partial charge in [-0.1, -0.05) is 169 Å². The number of carbonyl (C=O) groups excluding carboxylic acids is 3. The van der Waals surface area contributed by atoms with Crippen LogP contribution in [0.25, 0.3) is 0 Å². The Hall–Kier alpha value is -1.59. The molecule has 0 fully saturated rings. The highest BCUT2D eigenvalue weighted by Gasteiger charge is 2.19. The number of esters is 3. The molecule has 0 aromatic carbocycles. The summed E-state index contributed by atoms with van der Waals surface area (Å²) in [5, 5.41) is 0. The first-order chi connectivity index (χ1) is 22.2. The van der Waals surface area contributed by atoms with E-state index in [0.717, 1.165) is 69.6 Å². The van der Waals surface area contributed by atoms with Crippen molar-refractivity contribution in [2.24, 2.45) is 11.8 Å². The Morgan fingerprint density at radius 1 is 0.413 bits per heavy atom. The molecule has 0 aliphatic rings. The molecule has 0 rings (SSSR count). The second-order valence-corrected chi connectivity index (χ2v) is 14.5. The van der Waals surface area contributed by atoms with Crippen LogP contribution >= 0.6 is 0 Å². The van der Waals surface area contributed by atoms with Gasteiger partial charge in [0.1, 0.15) is 13.2 Å². The molecule has 0 amide bonds. The fraction of sp³-hybridized carbons (Fsp3) is 0.925. The van der Waals surface area contributed by atoms with E-state index < -0.39 is 6.10 Å². The predicted octanol–water partition coefficient (Wildman–Crippen LogP) is 11.8. The van der Waals surface area contributed by atoms with Crippen LogP contribution in [0.5, 0.6) is 0 Å². The van der Waals surface area contributed by atoms with Crippen molar-refractivity contribution in [3.63, 3.8) is 0 Å². The van der Waals surface area contributed by atoms with Crippen LogP contribution < -0.4 is 0 Å². The normalized spacial score (nSPS) is 12.1. The average molecular weight is 653 g/mol. The molecular formula is C40H76O6. The molecule has 0 aromatic rings. The number of unbranched alkanes of at least 4 members (excludes halogenated alkanes) is 19. The highest BCUT2D eigenvalue weighted by Crippen LogP contribution is 2.15. The van der Waals surface area contributed by atoms with Crippen molar-refractivity contribution in [3.8, 4) is 0 Å². The van der Waals surface area contributed by atoms with Gasteiger partial charge in [-0.2, -0.15) is 0 Å². The summed E-state index contributed by atoms with van der Waals surface area (Å²) in [6.45, 7) is 11.2. The Balaban J connectivity index is 4.34. The van der Waals surface area contributed by atoms with E-state index in [0.29, 0.717) is 19.3 Å². The maximum atomic E-state index is 12.6. The van der Waals surface area contributed by atoms with Gasteiger partial charge in [-0.05, 0) is 31.1 Å². The van der Waals surface area contributed by atoms with Gasteiger partial charge in [-0.15, -0.1) is 0 Å². The molecule has 1 atom stereocenters. The fourth-order valence-corrected chi connectivity index (χ4v) is 5.69. The highest BCUT2D eigenvalue weighted by atomic mass is 16.6. The molecule has 6 nitrogen and oxygen atoms in total. The fourth-order valence-electron chi connectivity index (χ4n) is 5.69. The third-order valence-corrected chi connectivity index (χ3v) is 8.72. The molecule has 0 saturated carbocycles. The van der Waals surface area contributed by atoms with Crippen molar-refractivity contribution in [2.75, 3.05) is 13.2 Å². The average Bonchev–Trinajstić information content (AvgIpc) is 3.01. The van der Waals surface area contributed by atoms with Gasteiger partial charge in [0.05, 0.1) is 0 Å². The maximum Gasteiger partial charge on any atom is 0.306 e. The van der Waals surface area contributed by atoms with Crippen LogP contribution in [0.3, 0.4) is 0 Å². The molecule has 0 heterocycles. The lowest BCUT2D eigenvalue weighted by molar-refractivity contribution is -0.167. The first-order valence-electron chi connectivity index (χ1n) is 19.7. The first-order valence-corrected chi connectivity index (χ1v) is 19.7. The third-order valence-electron chi connectivity index (χ3n) is 8.72. The van der Waals surface area contributed by atoms with Crippen molar-refractivity contribution in [1.29, 1.82) is 0 Å². The summed E-state index contributed by atoms with van der Waals surface area (Å²) < 4.78 is 16.6. The van der Waals surface area contributed by atoms with Crippen LogP contribution in [0, 0.1) is 11.8 Å². The smallest absolute Gasteiger partial charge is 0.306 e. The van der Waals surface area contributed by atoms with Crippen LogP contribution in [0.15, 0.2) is 0 Å². The Morgan fingerprint density at radius 2 is 0.717 bits per heavy atom. The van der Waals surface area contributed by atoms with Crippen molar-refractivity contribution in [1.82, 2.24) is 0 Å². The summed E-state index contributed by atoms with van der Waals surface area (Å²) in [7, 11) is 0. The van der Waals surface area contributed by atoms with E-state index in [4.69, 9.17) is 14.2 Å². The molecule has 0 spiro atoms. The predicted molar refractivity (Wildman–Crippen MR) is 192 cm³/mol. The van der Waals surface area contributed by atoms with Crippen LogP contribution in [-0.2, 0) is 28.6 Å². The molecular weight excluding hydrogens is 576 g/mol. The Labute approximate surface area is 285 Å². The zero-order valence-electron chi connectivity index (χ0n) is 31.2. The number of carbonyl (C=O) groups is 3. The number of hydrogen-bond donors (Lipinski definition) is 0. The molecule has 0 radical (unpaired) electrons. The molecule has 0 aliphatic heterocycles. The topological polar surface area (TPSA) is 78.9 Å². The number of rotatable bonds is 34. The van der Waals surface area contributed by atoms with Gasteiger partial charge in [-0.3, -0.25) is 14.4 Å². The van der Waals surface area contributed by atoms with E-state index in [2.05, 4.69) is 34.6 Å². The quantitative estimate of drug-likeness (QED) is 0.0391. The minimum absolute atomic E-state index is 0.0675. The monoisotopic (exact) mass is 653 g/mol. The van der Waals surface area contributed by atoms with E-state index in [-0.39, 0.29) is 31.1 Å². The molecule has 0 aromatic heterocycles. The number of ether oxygens (including phenoxy) is 3. The second kappa shape index (κ2) is 33.3. The van der Waals surface area contributed by atoms with Gasteiger partial charge in [0.15, 0.2) is 6.10 Å². The number of hydrogen-bond acceptors (Lipinski definition) is 6. The Kier molecular flexibility index (Phi) is 32.2. The lowest BCUT2D eigenvalue weighted by atomic mass is 10.0. The molecule has 0 aliphatic carbocycles. The van der Waals surface area contributed by atoms with Crippen LogP contribution in [0.1, 0.15) is 208 Å². The third kappa shape index (κ3) is 33.8. The summed E-state index contributed by atoms with van der Waals surface area (Å²) in [5.41, 5.74) is 0. The first kappa shape index (κ1) is 44.4. The molecule has 0 bridgehead atoms. The lowest BCUT2D eigenvalue weighted by Gasteiger charge is -2.18. The van der Waals surface area contributed by atoms with Crippen molar-refractivity contribution >= 4 is 17.9 Å². The SMILES string of the molecule is CCCCCCCCCC(=O)OC[C@H](COC(=O)CCCCCCCCCC(C)C)OC(=O)CCCCCCCCCCC(C)C. The van der Waals surface area contributed by atoms with E-state index in [9.17, 15) is 14.4 Å². The van der Waals surface area contributed by atoms with Crippen molar-refractivity contribution in [2.45, 2.75) is 214 Å². The van der Waals surface area contributed by atoms with E-state index in [1.807, 2.05) is 0 Å². The minimum Gasteiger partial charge on any atom is -0.462 e. The highest BCUT2D eigenvalue weighted by molar-refractivity contribution is 5.71. The Bertz CT molecular complexity index is 704. The summed E-state index contributed by atoms with van der Waals surface area (Å²) in [6, 6.07) is 0. The lowest BCUT2D eigenvalue weighted by Crippen LogP contribution is -2.30. The van der Waals surface area contributed by atoms with Crippen LogP contribution in [0.2, 0.25) is 0 Å². The Morgan fingerprint density at radius 3 is 1.07 bits per heavy atom. The summed E-state index contributed by atoms with van der Waals surface area (Å²) in [5.74, 6) is 0.698. The largest absolute Gasteiger partial charge is 0.462 e. The van der Waals surface area contributed by atoms with Gasteiger partial charge >= 0.3 is 17.9 Å². The van der Waals surface area contributed by atoms with Gasteiger partial charge in [0.25, 0.3) is 0 Å². The second-order valence-electron chi connectivity index (χ2n) is 14.5. The molecule has 46 heavy (non-hydrogen) atoms.